The summed E-state index contributed by atoms with van der Waals surface area (Å²) in [5.74, 6) is -1.15. The van der Waals surface area contributed by atoms with E-state index in [4.69, 9.17) is 9.84 Å². The Morgan fingerprint density at radius 3 is 2.15 bits per heavy atom. The first-order valence-electron chi connectivity index (χ1n) is 6.08. The third-order valence-corrected chi connectivity index (χ3v) is 2.32. The van der Waals surface area contributed by atoms with E-state index < -0.39 is 23.2 Å². The molecule has 0 aliphatic rings. The van der Waals surface area contributed by atoms with Crippen molar-refractivity contribution in [2.45, 2.75) is 45.8 Å². The van der Waals surface area contributed by atoms with Crippen molar-refractivity contribution >= 4 is 12.1 Å². The van der Waals surface area contributed by atoms with Gasteiger partial charge in [0, 0.05) is 0 Å². The Labute approximate surface area is 117 Å². The summed E-state index contributed by atoms with van der Waals surface area (Å²) in [7, 11) is 0. The number of nitrogens with zero attached hydrogens (tertiary/aromatic N) is 2. The third-order valence-electron chi connectivity index (χ3n) is 2.32. The van der Waals surface area contributed by atoms with Gasteiger partial charge >= 0.3 is 12.1 Å². The van der Waals surface area contributed by atoms with E-state index in [2.05, 4.69) is 15.3 Å². The van der Waals surface area contributed by atoms with E-state index in [-0.39, 0.29) is 5.69 Å². The normalized spacial score (nSPS) is 11.8. The molecule has 110 valence electrons. The summed E-state index contributed by atoms with van der Waals surface area (Å²) >= 11 is 0. The van der Waals surface area contributed by atoms with Crippen LogP contribution < -0.4 is 5.32 Å². The zero-order chi connectivity index (χ0) is 15.6. The molecule has 1 amide bonds. The lowest BCUT2D eigenvalue weighted by Crippen LogP contribution is -2.44. The van der Waals surface area contributed by atoms with Crippen molar-refractivity contribution < 1.29 is 19.4 Å². The maximum atomic E-state index is 11.7. The second-order valence-corrected chi connectivity index (χ2v) is 5.84. The molecule has 1 rings (SSSR count). The predicted molar refractivity (Wildman–Crippen MR) is 71.4 cm³/mol. The van der Waals surface area contributed by atoms with Gasteiger partial charge in [0.25, 0.3) is 0 Å². The first-order valence-corrected chi connectivity index (χ1v) is 6.08. The molecule has 1 heterocycles. The lowest BCUT2D eigenvalue weighted by atomic mass is 10.0. The molecule has 0 radical (unpaired) electrons. The number of rotatable bonds is 3. The van der Waals surface area contributed by atoms with Gasteiger partial charge in [0.1, 0.15) is 5.60 Å². The number of carbonyl (C=O) groups is 2. The van der Waals surface area contributed by atoms with E-state index in [1.807, 2.05) is 0 Å². The summed E-state index contributed by atoms with van der Waals surface area (Å²) in [5, 5.41) is 11.4. The van der Waals surface area contributed by atoms with Crippen LogP contribution >= 0.6 is 0 Å². The minimum atomic E-state index is -1.15. The van der Waals surface area contributed by atoms with Gasteiger partial charge in [0.15, 0.2) is 5.69 Å². The minimum Gasteiger partial charge on any atom is -0.476 e. The maximum absolute atomic E-state index is 11.7. The van der Waals surface area contributed by atoms with E-state index in [9.17, 15) is 9.59 Å². The fraction of sp³-hybridized carbons (Fsp3) is 0.538. The number of carboxylic acid groups (broad SMARTS) is 1. The number of hydrogen-bond donors (Lipinski definition) is 2. The maximum Gasteiger partial charge on any atom is 0.408 e. The Bertz CT molecular complexity index is 503. The second kappa shape index (κ2) is 5.44. The molecule has 0 fully saturated rings. The van der Waals surface area contributed by atoms with Crippen molar-refractivity contribution in [2.75, 3.05) is 0 Å². The second-order valence-electron chi connectivity index (χ2n) is 5.84. The topological polar surface area (TPSA) is 101 Å². The molecule has 0 aliphatic heterocycles. The zero-order valence-corrected chi connectivity index (χ0v) is 12.2. The van der Waals surface area contributed by atoms with Gasteiger partial charge in [0.05, 0.1) is 23.6 Å². The Balaban J connectivity index is 2.82. The van der Waals surface area contributed by atoms with Gasteiger partial charge < -0.3 is 15.2 Å². The molecule has 1 aromatic rings. The van der Waals surface area contributed by atoms with Crippen LogP contribution in [0.4, 0.5) is 4.79 Å². The number of hydrogen-bond acceptors (Lipinski definition) is 5. The van der Waals surface area contributed by atoms with Crippen molar-refractivity contribution in [1.29, 1.82) is 0 Å². The number of carbonyl (C=O) groups excluding carboxylic acids is 1. The average Bonchev–Trinajstić information content (AvgIpc) is 2.25. The molecule has 7 heteroatoms. The van der Waals surface area contributed by atoms with Gasteiger partial charge in [-0.3, -0.25) is 4.98 Å². The minimum absolute atomic E-state index is 0.151. The quantitative estimate of drug-likeness (QED) is 0.877. The fourth-order valence-electron chi connectivity index (χ4n) is 1.38. The van der Waals surface area contributed by atoms with E-state index in [1.165, 1.54) is 6.20 Å². The summed E-state index contributed by atoms with van der Waals surface area (Å²) < 4.78 is 5.16. The lowest BCUT2D eigenvalue weighted by molar-refractivity contribution is 0.0467. The molecule has 20 heavy (non-hydrogen) atoms. The smallest absolute Gasteiger partial charge is 0.408 e. The number of amides is 1. The van der Waals surface area contributed by atoms with Crippen LogP contribution in [0.2, 0.25) is 0 Å². The van der Waals surface area contributed by atoms with Gasteiger partial charge in [-0.1, -0.05) is 0 Å². The first-order chi connectivity index (χ1) is 9.01. The van der Waals surface area contributed by atoms with Gasteiger partial charge in [-0.15, -0.1) is 0 Å². The number of ether oxygens (including phenoxy) is 1. The molecule has 0 saturated heterocycles. The van der Waals surface area contributed by atoms with E-state index in [1.54, 1.807) is 34.6 Å². The fourth-order valence-corrected chi connectivity index (χ4v) is 1.38. The molecular formula is C13H19N3O4. The van der Waals surface area contributed by atoms with E-state index in [0.29, 0.717) is 5.69 Å². The largest absolute Gasteiger partial charge is 0.476 e. The molecule has 0 saturated carbocycles. The molecule has 0 atom stereocenters. The van der Waals surface area contributed by atoms with Gasteiger partial charge in [-0.05, 0) is 34.6 Å². The highest BCUT2D eigenvalue weighted by atomic mass is 16.6. The first kappa shape index (κ1) is 15.9. The number of aromatic nitrogens is 2. The summed E-state index contributed by atoms with van der Waals surface area (Å²) in [6, 6.07) is 0. The van der Waals surface area contributed by atoms with Gasteiger partial charge in [-0.2, -0.15) is 0 Å². The summed E-state index contributed by atoms with van der Waals surface area (Å²) in [6.45, 7) is 8.74. The summed E-state index contributed by atoms with van der Waals surface area (Å²) in [6.07, 6.45) is 1.89. The predicted octanol–water partition coefficient (Wildman–Crippen LogP) is 1.93. The van der Waals surface area contributed by atoms with Crippen molar-refractivity contribution in [2.24, 2.45) is 0 Å². The highest BCUT2D eigenvalue weighted by molar-refractivity contribution is 5.84. The molecule has 0 aromatic carbocycles. The SMILES string of the molecule is CC(C)(C)OC(=O)NC(C)(C)c1cnc(C(=O)O)cn1. The number of alkyl carbamates (subject to hydrolysis) is 1. The van der Waals surface area contributed by atoms with Crippen molar-refractivity contribution in [3.8, 4) is 0 Å². The number of nitrogens with one attached hydrogen (secondary N) is 1. The monoisotopic (exact) mass is 281 g/mol. The summed E-state index contributed by atoms with van der Waals surface area (Å²) in [5.41, 5.74) is -1.14. The molecule has 1 aromatic heterocycles. The number of carboxylic acids is 1. The average molecular weight is 281 g/mol. The number of aromatic carboxylic acids is 1. The zero-order valence-electron chi connectivity index (χ0n) is 12.2. The van der Waals surface area contributed by atoms with Crippen molar-refractivity contribution in [3.05, 3.63) is 23.8 Å². The van der Waals surface area contributed by atoms with Crippen LogP contribution in [-0.2, 0) is 10.3 Å². The Morgan fingerprint density at radius 2 is 1.75 bits per heavy atom. The Morgan fingerprint density at radius 1 is 1.15 bits per heavy atom. The van der Waals surface area contributed by atoms with Gasteiger partial charge in [0.2, 0.25) is 0 Å². The Kier molecular flexibility index (Phi) is 4.32. The van der Waals surface area contributed by atoms with Crippen LogP contribution in [0.15, 0.2) is 12.4 Å². The van der Waals surface area contributed by atoms with Gasteiger partial charge in [-0.25, -0.2) is 14.6 Å². The van der Waals surface area contributed by atoms with Crippen molar-refractivity contribution in [1.82, 2.24) is 15.3 Å². The molecule has 2 N–H and O–H groups in total. The van der Waals surface area contributed by atoms with Crippen LogP contribution in [0.25, 0.3) is 0 Å². The third kappa shape index (κ3) is 4.49. The molecule has 0 unspecified atom stereocenters. The molecule has 0 aliphatic carbocycles. The lowest BCUT2D eigenvalue weighted by Gasteiger charge is -2.27. The van der Waals surface area contributed by atoms with Crippen LogP contribution in [0.1, 0.15) is 50.8 Å². The van der Waals surface area contributed by atoms with Crippen LogP contribution in [-0.4, -0.2) is 32.7 Å². The van der Waals surface area contributed by atoms with E-state index in [0.717, 1.165) is 6.20 Å². The highest BCUT2D eigenvalue weighted by Gasteiger charge is 2.28. The van der Waals surface area contributed by atoms with Crippen LogP contribution in [0.5, 0.6) is 0 Å². The van der Waals surface area contributed by atoms with E-state index >= 15 is 0 Å². The van der Waals surface area contributed by atoms with Crippen LogP contribution in [0, 0.1) is 0 Å². The molecule has 0 bridgehead atoms. The highest BCUT2D eigenvalue weighted by Crippen LogP contribution is 2.18. The standard InChI is InChI=1S/C13H19N3O4/c1-12(2,3)20-11(19)16-13(4,5)9-7-14-8(6-15-9)10(17)18/h6-7H,1-5H3,(H,16,19)(H,17,18). The molecular weight excluding hydrogens is 262 g/mol. The van der Waals surface area contributed by atoms with Crippen molar-refractivity contribution in [3.63, 3.8) is 0 Å². The molecule has 7 nitrogen and oxygen atoms in total. The van der Waals surface area contributed by atoms with Crippen LogP contribution in [0.3, 0.4) is 0 Å². The molecule has 0 spiro atoms. The summed E-state index contributed by atoms with van der Waals surface area (Å²) in [4.78, 5) is 30.2. The Hall–Kier alpha value is -2.18.